The maximum Gasteiger partial charge on any atom is 0.126 e. The molecule has 17 heteroatoms. The van der Waals surface area contributed by atoms with E-state index in [1.807, 2.05) is 51.6 Å². The van der Waals surface area contributed by atoms with Gasteiger partial charge < -0.3 is 59.2 Å². The number of cyclic esters (lactones) is 1. The number of aliphatic hydroxyl groups excluding tert-OH is 4. The fourth-order valence-corrected chi connectivity index (χ4v) is 20.2. The van der Waals surface area contributed by atoms with Crippen LogP contribution in [0.4, 0.5) is 0 Å². The van der Waals surface area contributed by atoms with Gasteiger partial charge in [-0.05, 0) is 86.7 Å². The monoisotopic (exact) mass is 1210 g/mol. The van der Waals surface area contributed by atoms with Gasteiger partial charge in [-0.15, -0.1) is 0 Å². The molecule has 4 aliphatic rings. The average Bonchev–Trinajstić information content (AvgIpc) is 3.69. The van der Waals surface area contributed by atoms with Crippen LogP contribution in [-0.2, 0) is 28.5 Å². The van der Waals surface area contributed by atoms with Crippen molar-refractivity contribution in [2.24, 2.45) is 23.7 Å². The summed E-state index contributed by atoms with van der Waals surface area (Å²) in [7, 11) is 3.01. The molecule has 6 N–H and O–H groups in total. The molecule has 0 bridgehead atoms. The van der Waals surface area contributed by atoms with Crippen molar-refractivity contribution >= 4 is 29.1 Å². The molecule has 3 aliphatic heterocycles. The molecule has 1 saturated carbocycles. The molecule has 0 radical (unpaired) electrons. The first-order chi connectivity index (χ1) is 40.3. The quantitative estimate of drug-likeness (QED) is 0.0299. The molecule has 2 aromatic carbocycles. The number of likely N-dealkylation sites (N-methyl/N-ethyl adjacent to an activating group) is 1. The number of aliphatic hydroxyl groups is 6. The molecule has 3 aromatic rings. The number of hydrogen-bond acceptors (Lipinski definition) is 15. The number of carbonyl (C=O) groups excluding carboxylic acids is 1. The third kappa shape index (κ3) is 16.3. The Morgan fingerprint density at radius 2 is 1.39 bits per heavy atom. The standard InChI is InChI=1S/C68H113N4O12P/c1-14-57-68(10,79)61(75)49(6)71(58(73)37-28-20-18-16-15-17-19-21-29-38-85(52-33-24-22-25-34-52,53-35-26-23-27-36-53)54-42-69-72(44-54)51-31-30-32-51)43-45(2)40-66(8,78)63(84-65-60(74)55(70(11)12)39-46(3)81-65)47(4)59(48(5)64(77)83-57)56-41-67(9,80-13)62(76)50(7)82-56/h22-27,33-36,42,44-51,55-63,65,73-76,78-79,85H,14-21,28-32,37-41,43H2,1-13H3/t45-,46-,47+,48-,49-,50+,55+,56?,57-,58?,59+,60-,61-,62+,63-,65+,66-,67-,68-/m1/s1. The zero-order valence-corrected chi connectivity index (χ0v) is 55.1. The summed E-state index contributed by atoms with van der Waals surface area (Å²) in [5, 5.41) is 82.6. The molecule has 1 aliphatic carbocycles. The molecular formula is C68H113N4O12P. The molecular weight excluding hydrogens is 1100 g/mol. The minimum atomic E-state index is -2.34. The second-order valence-electron chi connectivity index (χ2n) is 27.6. The van der Waals surface area contributed by atoms with Crippen molar-refractivity contribution in [2.45, 2.75) is 275 Å². The summed E-state index contributed by atoms with van der Waals surface area (Å²) in [5.41, 5.74) is -4.65. The number of esters is 1. The van der Waals surface area contributed by atoms with Gasteiger partial charge in [0, 0.05) is 38.1 Å². The van der Waals surface area contributed by atoms with Gasteiger partial charge in [0.2, 0.25) is 0 Å². The smallest absolute Gasteiger partial charge is 0.126 e. The molecule has 2 unspecified atom stereocenters. The van der Waals surface area contributed by atoms with Crippen molar-refractivity contribution in [3.05, 3.63) is 73.1 Å². The third-order valence-corrected chi connectivity index (χ3v) is 25.8. The van der Waals surface area contributed by atoms with Gasteiger partial charge in [0.15, 0.2) is 6.29 Å². The van der Waals surface area contributed by atoms with E-state index >= 15 is 0 Å². The van der Waals surface area contributed by atoms with Crippen molar-refractivity contribution in [3.63, 3.8) is 0 Å². The number of aromatic nitrogens is 2. The van der Waals surface area contributed by atoms with Gasteiger partial charge in [-0.25, -0.2) is 0 Å². The van der Waals surface area contributed by atoms with Crippen LogP contribution in [0.1, 0.15) is 184 Å². The molecule has 3 saturated heterocycles. The number of benzene rings is 2. The van der Waals surface area contributed by atoms with Crippen LogP contribution in [0, 0.1) is 23.7 Å². The van der Waals surface area contributed by atoms with E-state index in [4.69, 9.17) is 28.8 Å². The predicted molar refractivity (Wildman–Crippen MR) is 339 cm³/mol. The summed E-state index contributed by atoms with van der Waals surface area (Å²) in [6, 6.07) is 21.8. The van der Waals surface area contributed by atoms with E-state index < -0.39 is 109 Å². The summed E-state index contributed by atoms with van der Waals surface area (Å²) >= 11 is 0. The zero-order valence-electron chi connectivity index (χ0n) is 54.1. The van der Waals surface area contributed by atoms with Crippen LogP contribution in [0.25, 0.3) is 0 Å². The Bertz CT molecular complexity index is 2430. The van der Waals surface area contributed by atoms with Gasteiger partial charge in [-0.1, -0.05) is 27.7 Å². The predicted octanol–water partition coefficient (Wildman–Crippen LogP) is 8.41. The minimum Gasteiger partial charge on any atom is -0.388 e. The number of hydrogen-bond donors (Lipinski definition) is 6. The fraction of sp³-hybridized carbons (Fsp3) is 0.765. The second kappa shape index (κ2) is 30.7. The van der Waals surface area contributed by atoms with Crippen LogP contribution in [-0.4, -0.2) is 180 Å². The largest absolute Gasteiger partial charge is 0.388 e. The van der Waals surface area contributed by atoms with Crippen LogP contribution in [0.5, 0.6) is 0 Å². The first-order valence-electron chi connectivity index (χ1n) is 32.8. The SMILES string of the molecule is CC[C@H]1OC(=O)[C@H](C)[C@@H](C2C[C@@](C)(OC)[C@@H](O)[C@H](C)O2)[C@H](C)[C@@H](O[C@@H]2O[C@H](C)C[C@H](N(C)C)[C@H]2O)[C@](C)(O)C[C@@H](C)CN(C(O)CCCCCCCCCCC[PH](c2ccccc2)(c2ccccc2)c2cnn(C3CCC3)c2)[C@H](C)[C@@H](O)[C@]1(C)O. The van der Waals surface area contributed by atoms with Gasteiger partial charge in [-0.2, -0.15) is 0 Å². The maximum absolute atomic E-state index is 14.9. The van der Waals surface area contributed by atoms with Gasteiger partial charge >= 0.3 is 214 Å². The molecule has 4 heterocycles. The Morgan fingerprint density at radius 1 is 0.800 bits per heavy atom. The summed E-state index contributed by atoms with van der Waals surface area (Å²) in [4.78, 5) is 18.6. The zero-order chi connectivity index (χ0) is 62.0. The van der Waals surface area contributed by atoms with Gasteiger partial charge in [0.25, 0.3) is 0 Å². The van der Waals surface area contributed by atoms with Crippen LogP contribution in [0.3, 0.4) is 0 Å². The Labute approximate surface area is 511 Å². The van der Waals surface area contributed by atoms with Crippen molar-refractivity contribution in [3.8, 4) is 0 Å². The average molecular weight is 1210 g/mol. The summed E-state index contributed by atoms with van der Waals surface area (Å²) in [6.45, 7) is 18.2. The van der Waals surface area contributed by atoms with E-state index in [0.717, 1.165) is 44.7 Å². The molecule has 7 rings (SSSR count). The van der Waals surface area contributed by atoms with Crippen molar-refractivity contribution in [1.82, 2.24) is 19.6 Å². The molecule has 16 nitrogen and oxygen atoms in total. The van der Waals surface area contributed by atoms with Crippen molar-refractivity contribution in [1.29, 1.82) is 0 Å². The molecule has 4 fully saturated rings. The summed E-state index contributed by atoms with van der Waals surface area (Å²) in [5.74, 6) is -3.33. The molecule has 482 valence electrons. The Balaban J connectivity index is 1.03. The fourth-order valence-electron chi connectivity index (χ4n) is 15.4. The molecule has 0 amide bonds. The van der Waals surface area contributed by atoms with E-state index in [-0.39, 0.29) is 43.9 Å². The maximum atomic E-state index is 14.9. The van der Waals surface area contributed by atoms with E-state index in [0.29, 0.717) is 18.9 Å². The van der Waals surface area contributed by atoms with Crippen LogP contribution < -0.4 is 15.9 Å². The third-order valence-electron chi connectivity index (χ3n) is 20.8. The van der Waals surface area contributed by atoms with E-state index in [1.54, 1.807) is 41.7 Å². The van der Waals surface area contributed by atoms with Crippen LogP contribution >= 0.6 is 7.26 Å². The van der Waals surface area contributed by atoms with Crippen LogP contribution in [0.15, 0.2) is 73.1 Å². The minimum absolute atomic E-state index is 0.147. The van der Waals surface area contributed by atoms with E-state index in [2.05, 4.69) is 77.7 Å². The van der Waals surface area contributed by atoms with Crippen molar-refractivity contribution < 1.29 is 59.1 Å². The number of carbonyl (C=O) groups is 1. The Hall–Kier alpha value is -2.93. The van der Waals surface area contributed by atoms with Gasteiger partial charge in [0.05, 0.1) is 41.5 Å². The second-order valence-corrected chi connectivity index (χ2v) is 31.7. The molecule has 19 atom stereocenters. The number of unbranched alkanes of at least 4 members (excludes halogenated alkanes) is 8. The normalized spacial score (nSPS) is 36.7. The number of methoxy groups -OCH3 is 1. The van der Waals surface area contributed by atoms with E-state index in [1.165, 1.54) is 61.4 Å². The van der Waals surface area contributed by atoms with Gasteiger partial charge in [0.1, 0.15) is 30.0 Å². The Morgan fingerprint density at radius 3 is 1.94 bits per heavy atom. The molecule has 1 aromatic heterocycles. The van der Waals surface area contributed by atoms with Gasteiger partial charge in [-0.3, -0.25) is 9.69 Å². The van der Waals surface area contributed by atoms with Crippen LogP contribution in [0.2, 0.25) is 0 Å². The summed E-state index contributed by atoms with van der Waals surface area (Å²) in [6.07, 6.45) is 11.0. The Kier molecular flexibility index (Phi) is 25.1. The number of ether oxygens (including phenoxy) is 5. The van der Waals surface area contributed by atoms with E-state index in [9.17, 15) is 35.4 Å². The van der Waals surface area contributed by atoms with Crippen molar-refractivity contribution in [2.75, 3.05) is 33.9 Å². The summed E-state index contributed by atoms with van der Waals surface area (Å²) < 4.78 is 34.5. The topological polar surface area (TPSA) is 209 Å². The number of rotatable bonds is 23. The molecule has 0 spiro atoms. The molecule has 85 heavy (non-hydrogen) atoms. The number of nitrogens with zero attached hydrogens (tertiary/aromatic N) is 4. The first-order valence-corrected chi connectivity index (χ1v) is 35.0. The first kappa shape index (κ1) is 69.5.